The summed E-state index contributed by atoms with van der Waals surface area (Å²) < 4.78 is 50.4. The number of benzene rings is 1. The summed E-state index contributed by atoms with van der Waals surface area (Å²) >= 11 is 0.396. The Morgan fingerprint density at radius 3 is 2.47 bits per heavy atom. The molecule has 0 fully saturated rings. The van der Waals surface area contributed by atoms with E-state index in [1.165, 1.54) is 12.1 Å². The van der Waals surface area contributed by atoms with E-state index in [9.17, 15) is 17.6 Å². The molecule has 0 unspecified atom stereocenters. The number of alkyl halides is 3. The van der Waals surface area contributed by atoms with E-state index in [0.29, 0.717) is 11.3 Å². The number of aromatic nitrogens is 1. The van der Waals surface area contributed by atoms with Gasteiger partial charge in [0.05, 0.1) is 4.88 Å². The molecule has 1 heterocycles. The first-order valence-electron chi connectivity index (χ1n) is 4.46. The summed E-state index contributed by atoms with van der Waals surface area (Å²) in [6, 6.07) is 3.81. The second-order valence-corrected chi connectivity index (χ2v) is 4.30. The van der Waals surface area contributed by atoms with E-state index in [2.05, 4.69) is 4.98 Å². The molecule has 0 amide bonds. The molecular formula is C10H6F4N2S. The number of nitrogen functional groups attached to an aromatic ring is 1. The van der Waals surface area contributed by atoms with Crippen LogP contribution in [-0.2, 0) is 6.18 Å². The summed E-state index contributed by atoms with van der Waals surface area (Å²) in [5, 5.41) is -0.997. The Balaban J connectivity index is 2.44. The number of nitrogens with zero attached hydrogens (tertiary/aromatic N) is 1. The van der Waals surface area contributed by atoms with Crippen molar-refractivity contribution in [3.05, 3.63) is 35.2 Å². The average Bonchev–Trinajstić information content (AvgIpc) is 2.65. The van der Waals surface area contributed by atoms with Crippen LogP contribution in [0.4, 0.5) is 23.2 Å². The molecule has 0 spiro atoms. The summed E-state index contributed by atoms with van der Waals surface area (Å²) in [7, 11) is 0. The lowest BCUT2D eigenvalue weighted by molar-refractivity contribution is -0.137. The number of thiazole rings is 1. The third-order valence-electron chi connectivity index (χ3n) is 2.01. The SMILES string of the molecule is Nc1ccc(-c2cnc(C(F)(F)F)s2)c(F)c1. The Morgan fingerprint density at radius 2 is 1.94 bits per heavy atom. The second-order valence-electron chi connectivity index (χ2n) is 3.27. The van der Waals surface area contributed by atoms with Crippen LogP contribution in [0.5, 0.6) is 0 Å². The standard InChI is InChI=1S/C10H6F4N2S/c11-7-3-5(15)1-2-6(7)8-4-16-9(17-8)10(12,13)14/h1-4H,15H2. The number of nitrogens with two attached hydrogens (primary N) is 1. The zero-order chi connectivity index (χ0) is 12.6. The fraction of sp³-hybridized carbons (Fsp3) is 0.100. The van der Waals surface area contributed by atoms with Crippen LogP contribution >= 0.6 is 11.3 Å². The minimum Gasteiger partial charge on any atom is -0.399 e. The Morgan fingerprint density at radius 1 is 1.24 bits per heavy atom. The molecule has 1 aromatic heterocycles. The molecule has 2 aromatic rings. The summed E-state index contributed by atoms with van der Waals surface area (Å²) in [4.78, 5) is 3.34. The average molecular weight is 262 g/mol. The van der Waals surface area contributed by atoms with Gasteiger partial charge in [0.15, 0.2) is 5.01 Å². The molecule has 0 aliphatic carbocycles. The van der Waals surface area contributed by atoms with Crippen LogP contribution in [0.25, 0.3) is 10.4 Å². The maximum Gasteiger partial charge on any atom is 0.443 e. The monoisotopic (exact) mass is 262 g/mol. The maximum atomic E-state index is 13.5. The topological polar surface area (TPSA) is 38.9 Å². The highest BCUT2D eigenvalue weighted by Gasteiger charge is 2.34. The van der Waals surface area contributed by atoms with Gasteiger partial charge in [-0.1, -0.05) is 0 Å². The van der Waals surface area contributed by atoms with E-state index in [1.54, 1.807) is 0 Å². The van der Waals surface area contributed by atoms with Crippen LogP contribution < -0.4 is 5.73 Å². The van der Waals surface area contributed by atoms with Gasteiger partial charge in [-0.2, -0.15) is 13.2 Å². The molecule has 17 heavy (non-hydrogen) atoms. The molecule has 0 aliphatic rings. The summed E-state index contributed by atoms with van der Waals surface area (Å²) in [5.41, 5.74) is 5.62. The van der Waals surface area contributed by atoms with E-state index in [4.69, 9.17) is 5.73 Å². The minimum absolute atomic E-state index is 0.0622. The van der Waals surface area contributed by atoms with E-state index in [-0.39, 0.29) is 16.1 Å². The first kappa shape index (κ1) is 11.8. The lowest BCUT2D eigenvalue weighted by Gasteiger charge is -2.01. The number of halogens is 4. The van der Waals surface area contributed by atoms with Crippen molar-refractivity contribution in [1.29, 1.82) is 0 Å². The molecule has 0 saturated heterocycles. The first-order chi connectivity index (χ1) is 7.88. The zero-order valence-corrected chi connectivity index (χ0v) is 9.07. The van der Waals surface area contributed by atoms with Gasteiger partial charge in [0.2, 0.25) is 0 Å². The van der Waals surface area contributed by atoms with Crippen molar-refractivity contribution in [1.82, 2.24) is 4.98 Å². The first-order valence-corrected chi connectivity index (χ1v) is 5.28. The van der Waals surface area contributed by atoms with Crippen molar-refractivity contribution >= 4 is 17.0 Å². The lowest BCUT2D eigenvalue weighted by atomic mass is 10.2. The predicted molar refractivity (Wildman–Crippen MR) is 56.9 cm³/mol. The van der Waals surface area contributed by atoms with Crippen molar-refractivity contribution in [2.24, 2.45) is 0 Å². The Labute approximate surface area is 97.7 Å². The van der Waals surface area contributed by atoms with Gasteiger partial charge in [-0.25, -0.2) is 9.37 Å². The summed E-state index contributed by atoms with van der Waals surface area (Å²) in [5.74, 6) is -0.664. The fourth-order valence-corrected chi connectivity index (χ4v) is 2.07. The van der Waals surface area contributed by atoms with Crippen LogP contribution in [0.1, 0.15) is 5.01 Å². The van der Waals surface area contributed by atoms with Gasteiger partial charge in [-0.15, -0.1) is 11.3 Å². The van der Waals surface area contributed by atoms with Crippen molar-refractivity contribution in [2.45, 2.75) is 6.18 Å². The molecule has 0 aliphatic heterocycles. The predicted octanol–water partition coefficient (Wildman–Crippen LogP) is 3.55. The molecule has 7 heteroatoms. The minimum atomic E-state index is -4.51. The zero-order valence-electron chi connectivity index (χ0n) is 8.25. The molecule has 1 aromatic carbocycles. The Hall–Kier alpha value is -1.63. The van der Waals surface area contributed by atoms with Gasteiger partial charge in [0.1, 0.15) is 5.82 Å². The Bertz CT molecular complexity index is 547. The van der Waals surface area contributed by atoms with E-state index in [1.807, 2.05) is 0 Å². The van der Waals surface area contributed by atoms with Crippen LogP contribution in [0.3, 0.4) is 0 Å². The highest BCUT2D eigenvalue weighted by Crippen LogP contribution is 2.37. The molecular weight excluding hydrogens is 256 g/mol. The third-order valence-corrected chi connectivity index (χ3v) is 3.08. The summed E-state index contributed by atoms with van der Waals surface area (Å²) in [6.45, 7) is 0. The lowest BCUT2D eigenvalue weighted by Crippen LogP contribution is -2.02. The quantitative estimate of drug-likeness (QED) is 0.630. The smallest absolute Gasteiger partial charge is 0.399 e. The molecule has 0 saturated carbocycles. The molecule has 2 N–H and O–H groups in total. The van der Waals surface area contributed by atoms with Gasteiger partial charge in [0, 0.05) is 17.4 Å². The second kappa shape index (κ2) is 3.99. The largest absolute Gasteiger partial charge is 0.443 e. The summed E-state index contributed by atoms with van der Waals surface area (Å²) in [6.07, 6.45) is -3.50. The van der Waals surface area contributed by atoms with Gasteiger partial charge < -0.3 is 5.73 Å². The van der Waals surface area contributed by atoms with Crippen molar-refractivity contribution in [2.75, 3.05) is 5.73 Å². The molecule has 2 rings (SSSR count). The van der Waals surface area contributed by atoms with Crippen molar-refractivity contribution in [3.8, 4) is 10.4 Å². The fourth-order valence-electron chi connectivity index (χ4n) is 1.26. The number of hydrogen-bond donors (Lipinski definition) is 1. The third kappa shape index (κ3) is 2.38. The van der Waals surface area contributed by atoms with Gasteiger partial charge >= 0.3 is 6.18 Å². The van der Waals surface area contributed by atoms with Crippen molar-refractivity contribution in [3.63, 3.8) is 0 Å². The van der Waals surface area contributed by atoms with Crippen LogP contribution in [0.2, 0.25) is 0 Å². The van der Waals surface area contributed by atoms with Crippen LogP contribution in [0, 0.1) is 5.82 Å². The van der Waals surface area contributed by atoms with E-state index < -0.39 is 17.0 Å². The number of anilines is 1. The van der Waals surface area contributed by atoms with Gasteiger partial charge in [-0.3, -0.25) is 0 Å². The molecule has 0 radical (unpaired) electrons. The number of hydrogen-bond acceptors (Lipinski definition) is 3. The van der Waals surface area contributed by atoms with E-state index in [0.717, 1.165) is 12.3 Å². The molecule has 90 valence electrons. The van der Waals surface area contributed by atoms with E-state index >= 15 is 0 Å². The van der Waals surface area contributed by atoms with Gasteiger partial charge in [-0.05, 0) is 18.2 Å². The molecule has 0 bridgehead atoms. The van der Waals surface area contributed by atoms with Crippen LogP contribution in [0.15, 0.2) is 24.4 Å². The number of rotatable bonds is 1. The molecule has 0 atom stereocenters. The van der Waals surface area contributed by atoms with Gasteiger partial charge in [0.25, 0.3) is 0 Å². The van der Waals surface area contributed by atoms with Crippen LogP contribution in [-0.4, -0.2) is 4.98 Å². The highest BCUT2D eigenvalue weighted by molar-refractivity contribution is 7.15. The normalized spacial score (nSPS) is 11.8. The maximum absolute atomic E-state index is 13.5. The highest BCUT2D eigenvalue weighted by atomic mass is 32.1. The Kier molecular flexibility index (Phi) is 2.78. The molecule has 2 nitrogen and oxygen atoms in total. The van der Waals surface area contributed by atoms with Crippen molar-refractivity contribution < 1.29 is 17.6 Å².